The number of likely N-dealkylation sites (N-methyl/N-ethyl adjacent to an activating group) is 1. The van der Waals surface area contributed by atoms with Crippen LogP contribution in [0.2, 0.25) is 0 Å². The first-order valence-corrected chi connectivity index (χ1v) is 6.31. The molecule has 0 aliphatic carbocycles. The summed E-state index contributed by atoms with van der Waals surface area (Å²) in [6.45, 7) is 6.47. The summed E-state index contributed by atoms with van der Waals surface area (Å²) in [7, 11) is 1.97. The van der Waals surface area contributed by atoms with Gasteiger partial charge in [-0.3, -0.25) is 4.90 Å². The highest BCUT2D eigenvalue weighted by Gasteiger charge is 2.11. The lowest BCUT2D eigenvalue weighted by molar-refractivity contribution is -0.145. The fourth-order valence-corrected chi connectivity index (χ4v) is 1.79. The molecule has 0 aromatic heterocycles. The fraction of sp³-hybridized carbons (Fsp3) is 0.571. The zero-order valence-electron chi connectivity index (χ0n) is 11.4. The first-order chi connectivity index (χ1) is 8.65. The lowest BCUT2D eigenvalue weighted by Crippen LogP contribution is -2.33. The quantitative estimate of drug-likeness (QED) is 0.667. The SMILES string of the molecule is CCOC(CN(C)Cc1cccc(F)c1)OCC. The van der Waals surface area contributed by atoms with Crippen molar-refractivity contribution in [3.05, 3.63) is 35.6 Å². The molecule has 0 saturated carbocycles. The van der Waals surface area contributed by atoms with E-state index in [-0.39, 0.29) is 12.1 Å². The molecule has 0 aliphatic rings. The van der Waals surface area contributed by atoms with Crippen LogP contribution in [0.4, 0.5) is 4.39 Å². The summed E-state index contributed by atoms with van der Waals surface area (Å²) in [5.74, 6) is -0.202. The van der Waals surface area contributed by atoms with E-state index in [0.29, 0.717) is 26.3 Å². The van der Waals surface area contributed by atoms with Gasteiger partial charge in [0.1, 0.15) is 5.82 Å². The molecule has 3 nitrogen and oxygen atoms in total. The zero-order valence-corrected chi connectivity index (χ0v) is 11.4. The molecule has 0 atom stereocenters. The molecule has 0 heterocycles. The summed E-state index contributed by atoms with van der Waals surface area (Å²) in [5.41, 5.74) is 0.948. The summed E-state index contributed by atoms with van der Waals surface area (Å²) < 4.78 is 24.0. The van der Waals surface area contributed by atoms with Crippen LogP contribution >= 0.6 is 0 Å². The van der Waals surface area contributed by atoms with Gasteiger partial charge in [-0.2, -0.15) is 0 Å². The Morgan fingerprint density at radius 3 is 2.44 bits per heavy atom. The summed E-state index contributed by atoms with van der Waals surface area (Å²) in [5, 5.41) is 0. The summed E-state index contributed by atoms with van der Waals surface area (Å²) in [4.78, 5) is 2.06. The lowest BCUT2D eigenvalue weighted by atomic mass is 10.2. The van der Waals surface area contributed by atoms with E-state index >= 15 is 0 Å². The molecule has 0 saturated heterocycles. The molecule has 0 radical (unpaired) electrons. The van der Waals surface area contributed by atoms with E-state index in [1.165, 1.54) is 6.07 Å². The van der Waals surface area contributed by atoms with Crippen LogP contribution in [0.1, 0.15) is 19.4 Å². The molecule has 1 aromatic rings. The van der Waals surface area contributed by atoms with Crippen LogP contribution in [0.3, 0.4) is 0 Å². The van der Waals surface area contributed by atoms with Crippen LogP contribution in [-0.2, 0) is 16.0 Å². The van der Waals surface area contributed by atoms with Crippen molar-refractivity contribution in [2.75, 3.05) is 26.8 Å². The molecule has 0 fully saturated rings. The van der Waals surface area contributed by atoms with Crippen molar-refractivity contribution in [1.29, 1.82) is 0 Å². The smallest absolute Gasteiger partial charge is 0.170 e. The van der Waals surface area contributed by atoms with Crippen LogP contribution in [0.15, 0.2) is 24.3 Å². The standard InChI is InChI=1S/C14H22FNO2/c1-4-17-14(18-5-2)11-16(3)10-12-7-6-8-13(15)9-12/h6-9,14H,4-5,10-11H2,1-3H3. The van der Waals surface area contributed by atoms with E-state index in [4.69, 9.17) is 9.47 Å². The van der Waals surface area contributed by atoms with Gasteiger partial charge in [0.05, 0.1) is 0 Å². The van der Waals surface area contributed by atoms with Gasteiger partial charge in [0.15, 0.2) is 6.29 Å². The number of rotatable bonds is 8. The second-order valence-electron chi connectivity index (χ2n) is 4.17. The Bertz CT molecular complexity index is 340. The van der Waals surface area contributed by atoms with Crippen molar-refractivity contribution in [3.8, 4) is 0 Å². The van der Waals surface area contributed by atoms with Crippen LogP contribution in [0, 0.1) is 5.82 Å². The molecule has 0 spiro atoms. The molecule has 1 rings (SSSR count). The predicted octanol–water partition coefficient (Wildman–Crippen LogP) is 2.66. The van der Waals surface area contributed by atoms with E-state index in [1.807, 2.05) is 27.0 Å². The maximum absolute atomic E-state index is 13.1. The van der Waals surface area contributed by atoms with Gasteiger partial charge < -0.3 is 9.47 Å². The number of ether oxygens (including phenoxy) is 2. The molecular weight excluding hydrogens is 233 g/mol. The Morgan fingerprint density at radius 2 is 1.89 bits per heavy atom. The van der Waals surface area contributed by atoms with Crippen LogP contribution in [0.25, 0.3) is 0 Å². The van der Waals surface area contributed by atoms with Crippen LogP contribution in [0.5, 0.6) is 0 Å². The Kier molecular flexibility index (Phi) is 6.86. The fourth-order valence-electron chi connectivity index (χ4n) is 1.79. The van der Waals surface area contributed by atoms with Crippen molar-refractivity contribution in [1.82, 2.24) is 4.90 Å². The zero-order chi connectivity index (χ0) is 13.4. The molecule has 0 amide bonds. The monoisotopic (exact) mass is 255 g/mol. The Morgan fingerprint density at radius 1 is 1.22 bits per heavy atom. The van der Waals surface area contributed by atoms with E-state index in [1.54, 1.807) is 12.1 Å². The number of nitrogens with zero attached hydrogens (tertiary/aromatic N) is 1. The van der Waals surface area contributed by atoms with Gasteiger partial charge in [-0.1, -0.05) is 12.1 Å². The summed E-state index contributed by atoms with van der Waals surface area (Å²) >= 11 is 0. The largest absolute Gasteiger partial charge is 0.352 e. The average molecular weight is 255 g/mol. The molecule has 4 heteroatoms. The van der Waals surface area contributed by atoms with E-state index in [0.717, 1.165) is 5.56 Å². The van der Waals surface area contributed by atoms with Crippen molar-refractivity contribution < 1.29 is 13.9 Å². The Hall–Kier alpha value is -0.970. The van der Waals surface area contributed by atoms with E-state index in [9.17, 15) is 4.39 Å². The topological polar surface area (TPSA) is 21.7 Å². The van der Waals surface area contributed by atoms with Crippen molar-refractivity contribution in [2.24, 2.45) is 0 Å². The third-order valence-electron chi connectivity index (χ3n) is 2.51. The normalized spacial score (nSPS) is 11.4. The van der Waals surface area contributed by atoms with Crippen molar-refractivity contribution in [2.45, 2.75) is 26.7 Å². The third-order valence-corrected chi connectivity index (χ3v) is 2.51. The molecule has 18 heavy (non-hydrogen) atoms. The number of benzene rings is 1. The minimum absolute atomic E-state index is 0.202. The second-order valence-corrected chi connectivity index (χ2v) is 4.17. The lowest BCUT2D eigenvalue weighted by Gasteiger charge is -2.23. The molecule has 102 valence electrons. The first-order valence-electron chi connectivity index (χ1n) is 6.31. The van der Waals surface area contributed by atoms with Crippen molar-refractivity contribution in [3.63, 3.8) is 0 Å². The van der Waals surface area contributed by atoms with Gasteiger partial charge >= 0.3 is 0 Å². The maximum atomic E-state index is 13.1. The summed E-state index contributed by atoms with van der Waals surface area (Å²) in [6, 6.07) is 6.64. The van der Waals surface area contributed by atoms with E-state index in [2.05, 4.69) is 4.90 Å². The second kappa shape index (κ2) is 8.19. The third kappa shape index (κ3) is 5.58. The van der Waals surface area contributed by atoms with Gasteiger partial charge in [-0.05, 0) is 38.6 Å². The molecule has 0 aliphatic heterocycles. The highest BCUT2D eigenvalue weighted by Crippen LogP contribution is 2.07. The maximum Gasteiger partial charge on any atom is 0.170 e. The highest BCUT2D eigenvalue weighted by atomic mass is 19.1. The Balaban J connectivity index is 2.46. The van der Waals surface area contributed by atoms with Gasteiger partial charge in [-0.15, -0.1) is 0 Å². The highest BCUT2D eigenvalue weighted by molar-refractivity contribution is 5.15. The predicted molar refractivity (Wildman–Crippen MR) is 69.8 cm³/mol. The van der Waals surface area contributed by atoms with Gasteiger partial charge in [0.2, 0.25) is 0 Å². The number of halogens is 1. The number of hydrogen-bond donors (Lipinski definition) is 0. The van der Waals surface area contributed by atoms with Crippen molar-refractivity contribution >= 4 is 0 Å². The minimum atomic E-state index is -0.224. The summed E-state index contributed by atoms with van der Waals surface area (Å²) in [6.07, 6.45) is -0.224. The molecular formula is C14H22FNO2. The number of hydrogen-bond acceptors (Lipinski definition) is 3. The Labute approximate surface area is 109 Å². The van der Waals surface area contributed by atoms with Gasteiger partial charge in [0, 0.05) is 26.3 Å². The molecule has 0 bridgehead atoms. The minimum Gasteiger partial charge on any atom is -0.352 e. The molecule has 0 N–H and O–H groups in total. The van der Waals surface area contributed by atoms with E-state index < -0.39 is 0 Å². The van der Waals surface area contributed by atoms with Gasteiger partial charge in [0.25, 0.3) is 0 Å². The van der Waals surface area contributed by atoms with Crippen LogP contribution in [-0.4, -0.2) is 38.0 Å². The first kappa shape index (κ1) is 15.1. The molecule has 0 unspecified atom stereocenters. The van der Waals surface area contributed by atoms with Crippen LogP contribution < -0.4 is 0 Å². The van der Waals surface area contributed by atoms with Gasteiger partial charge in [-0.25, -0.2) is 4.39 Å². The molecule has 1 aromatic carbocycles. The average Bonchev–Trinajstić information content (AvgIpc) is 2.29.